The number of carbonyl (C=O) groups excluding carboxylic acids is 1. The van der Waals surface area contributed by atoms with Gasteiger partial charge in [-0.25, -0.2) is 4.98 Å². The van der Waals surface area contributed by atoms with E-state index in [9.17, 15) is 4.79 Å². The van der Waals surface area contributed by atoms with E-state index in [0.717, 1.165) is 17.1 Å². The summed E-state index contributed by atoms with van der Waals surface area (Å²) < 4.78 is 0. The first-order chi connectivity index (χ1) is 14.8. The molecule has 0 spiro atoms. The zero-order chi connectivity index (χ0) is 20.6. The van der Waals surface area contributed by atoms with Crippen LogP contribution in [-0.4, -0.2) is 10.9 Å². The predicted molar refractivity (Wildman–Crippen MR) is 122 cm³/mol. The minimum Gasteiger partial charge on any atom is -0.324 e. The molecule has 1 aromatic heterocycles. The average Bonchev–Trinajstić information content (AvgIpc) is 2.80. The van der Waals surface area contributed by atoms with Crippen LogP contribution < -0.4 is 10.2 Å². The minimum atomic E-state index is -0.0556. The molecule has 1 heterocycles. The topological polar surface area (TPSA) is 45.2 Å². The van der Waals surface area contributed by atoms with Crippen LogP contribution in [-0.2, 0) is 17.8 Å². The third-order valence-electron chi connectivity index (χ3n) is 4.77. The second-order valence-corrected chi connectivity index (χ2v) is 7.02. The Hall–Kier alpha value is -3.92. The van der Waals surface area contributed by atoms with Crippen molar-refractivity contribution >= 4 is 23.1 Å². The predicted octanol–water partition coefficient (Wildman–Crippen LogP) is 5.60. The number of benzene rings is 3. The van der Waals surface area contributed by atoms with Crippen molar-refractivity contribution in [3.63, 3.8) is 0 Å². The Bertz CT molecular complexity index is 1070. The van der Waals surface area contributed by atoms with Gasteiger partial charge in [-0.05, 0) is 35.4 Å². The summed E-state index contributed by atoms with van der Waals surface area (Å²) in [6.07, 6.45) is 2.05. The molecular weight excluding hydrogens is 370 g/mol. The SMILES string of the molecule is O=C(Cc1ccccc1)Nc1ccc(N(Cc2ccccc2)c2ccccc2)nc1. The van der Waals surface area contributed by atoms with Gasteiger partial charge in [-0.15, -0.1) is 0 Å². The fraction of sp³-hybridized carbons (Fsp3) is 0.0769. The first kappa shape index (κ1) is 19.4. The number of anilines is 3. The van der Waals surface area contributed by atoms with Crippen molar-refractivity contribution in [3.05, 3.63) is 120 Å². The lowest BCUT2D eigenvalue weighted by Crippen LogP contribution is -2.18. The minimum absolute atomic E-state index is 0.0556. The molecule has 4 rings (SSSR count). The molecule has 0 bridgehead atoms. The maximum Gasteiger partial charge on any atom is 0.228 e. The average molecular weight is 393 g/mol. The number of nitrogens with one attached hydrogen (secondary N) is 1. The van der Waals surface area contributed by atoms with Crippen LogP contribution in [0.3, 0.4) is 0 Å². The molecule has 0 atom stereocenters. The van der Waals surface area contributed by atoms with E-state index in [2.05, 4.69) is 39.5 Å². The molecule has 4 heteroatoms. The number of rotatable bonds is 7. The van der Waals surface area contributed by atoms with E-state index in [-0.39, 0.29) is 5.91 Å². The zero-order valence-corrected chi connectivity index (χ0v) is 16.6. The largest absolute Gasteiger partial charge is 0.324 e. The lowest BCUT2D eigenvalue weighted by atomic mass is 10.1. The van der Waals surface area contributed by atoms with Gasteiger partial charge in [0.25, 0.3) is 0 Å². The van der Waals surface area contributed by atoms with Crippen molar-refractivity contribution < 1.29 is 4.79 Å². The number of aromatic nitrogens is 1. The summed E-state index contributed by atoms with van der Waals surface area (Å²) in [5, 5.41) is 2.93. The standard InChI is InChI=1S/C26H23N3O/c30-26(18-21-10-4-1-5-11-21)28-23-16-17-25(27-19-23)29(24-14-8-3-9-15-24)20-22-12-6-2-7-13-22/h1-17,19H,18,20H2,(H,28,30). The van der Waals surface area contributed by atoms with Crippen LogP contribution in [0.2, 0.25) is 0 Å². The van der Waals surface area contributed by atoms with Gasteiger partial charge in [0.05, 0.1) is 18.3 Å². The summed E-state index contributed by atoms with van der Waals surface area (Å²) in [5.74, 6) is 0.770. The summed E-state index contributed by atoms with van der Waals surface area (Å²) >= 11 is 0. The van der Waals surface area contributed by atoms with Crippen LogP contribution >= 0.6 is 0 Å². The van der Waals surface area contributed by atoms with Crippen molar-refractivity contribution in [1.82, 2.24) is 4.98 Å². The smallest absolute Gasteiger partial charge is 0.228 e. The molecule has 30 heavy (non-hydrogen) atoms. The molecule has 148 valence electrons. The number of para-hydroxylation sites is 1. The molecule has 0 fully saturated rings. The van der Waals surface area contributed by atoms with Crippen LogP contribution in [0.25, 0.3) is 0 Å². The van der Waals surface area contributed by atoms with Crippen LogP contribution in [0.1, 0.15) is 11.1 Å². The second-order valence-electron chi connectivity index (χ2n) is 7.02. The van der Waals surface area contributed by atoms with E-state index in [1.807, 2.05) is 78.9 Å². The number of carbonyl (C=O) groups is 1. The van der Waals surface area contributed by atoms with Crippen molar-refractivity contribution in [2.24, 2.45) is 0 Å². The van der Waals surface area contributed by atoms with E-state index in [0.29, 0.717) is 18.7 Å². The van der Waals surface area contributed by atoms with Gasteiger partial charge in [-0.3, -0.25) is 4.79 Å². The molecule has 1 amide bonds. The summed E-state index contributed by atoms with van der Waals surface area (Å²) in [4.78, 5) is 19.1. The second kappa shape index (κ2) is 9.52. The van der Waals surface area contributed by atoms with E-state index < -0.39 is 0 Å². The fourth-order valence-corrected chi connectivity index (χ4v) is 3.28. The zero-order valence-electron chi connectivity index (χ0n) is 16.6. The number of hydrogen-bond acceptors (Lipinski definition) is 3. The summed E-state index contributed by atoms with van der Waals surface area (Å²) in [5.41, 5.74) is 3.93. The van der Waals surface area contributed by atoms with E-state index in [4.69, 9.17) is 0 Å². The third-order valence-corrected chi connectivity index (χ3v) is 4.77. The number of amides is 1. The Balaban J connectivity index is 1.50. The molecule has 4 aromatic rings. The van der Waals surface area contributed by atoms with Crippen LogP contribution in [0, 0.1) is 0 Å². The quantitative estimate of drug-likeness (QED) is 0.444. The number of hydrogen-bond donors (Lipinski definition) is 1. The molecule has 0 unspecified atom stereocenters. The molecule has 3 aromatic carbocycles. The molecule has 4 nitrogen and oxygen atoms in total. The van der Waals surface area contributed by atoms with Gasteiger partial charge in [-0.1, -0.05) is 78.9 Å². The number of nitrogens with zero attached hydrogens (tertiary/aromatic N) is 2. The first-order valence-electron chi connectivity index (χ1n) is 9.94. The molecule has 0 aliphatic carbocycles. The van der Waals surface area contributed by atoms with Crippen LogP contribution in [0.5, 0.6) is 0 Å². The highest BCUT2D eigenvalue weighted by Crippen LogP contribution is 2.26. The van der Waals surface area contributed by atoms with Gasteiger partial charge in [0.15, 0.2) is 0 Å². The van der Waals surface area contributed by atoms with Gasteiger partial charge in [0.1, 0.15) is 5.82 Å². The van der Waals surface area contributed by atoms with Crippen molar-refractivity contribution in [1.29, 1.82) is 0 Å². The summed E-state index contributed by atoms with van der Waals surface area (Å²) in [6.45, 7) is 0.706. The Labute approximate surface area is 176 Å². The lowest BCUT2D eigenvalue weighted by molar-refractivity contribution is -0.115. The Morgan fingerprint density at radius 3 is 1.93 bits per heavy atom. The molecule has 0 aliphatic heterocycles. The van der Waals surface area contributed by atoms with Gasteiger partial charge in [-0.2, -0.15) is 0 Å². The van der Waals surface area contributed by atoms with Crippen molar-refractivity contribution in [2.75, 3.05) is 10.2 Å². The monoisotopic (exact) mass is 393 g/mol. The molecular formula is C26H23N3O. The maximum absolute atomic E-state index is 12.3. The van der Waals surface area contributed by atoms with E-state index >= 15 is 0 Å². The highest BCUT2D eigenvalue weighted by Gasteiger charge is 2.12. The summed E-state index contributed by atoms with van der Waals surface area (Å²) in [6, 6.07) is 34.0. The molecule has 0 saturated carbocycles. The number of pyridine rings is 1. The highest BCUT2D eigenvalue weighted by atomic mass is 16.1. The molecule has 1 N–H and O–H groups in total. The normalized spacial score (nSPS) is 10.4. The Kier molecular flexibility index (Phi) is 6.16. The lowest BCUT2D eigenvalue weighted by Gasteiger charge is -2.24. The fourth-order valence-electron chi connectivity index (χ4n) is 3.28. The van der Waals surface area contributed by atoms with Crippen molar-refractivity contribution in [3.8, 4) is 0 Å². The van der Waals surface area contributed by atoms with Crippen LogP contribution in [0.4, 0.5) is 17.2 Å². The molecule has 0 aliphatic rings. The maximum atomic E-state index is 12.3. The van der Waals surface area contributed by atoms with Gasteiger partial charge >= 0.3 is 0 Å². The van der Waals surface area contributed by atoms with Gasteiger partial charge in [0, 0.05) is 12.2 Å². The Morgan fingerprint density at radius 1 is 0.733 bits per heavy atom. The third kappa shape index (κ3) is 5.11. The van der Waals surface area contributed by atoms with E-state index in [1.165, 1.54) is 5.56 Å². The Morgan fingerprint density at radius 2 is 1.33 bits per heavy atom. The molecule has 0 radical (unpaired) electrons. The van der Waals surface area contributed by atoms with E-state index in [1.54, 1.807) is 6.20 Å². The van der Waals surface area contributed by atoms with Gasteiger partial charge in [0.2, 0.25) is 5.91 Å². The first-order valence-corrected chi connectivity index (χ1v) is 9.94. The van der Waals surface area contributed by atoms with Crippen LogP contribution in [0.15, 0.2) is 109 Å². The van der Waals surface area contributed by atoms with Crippen molar-refractivity contribution in [2.45, 2.75) is 13.0 Å². The molecule has 0 saturated heterocycles. The highest BCUT2D eigenvalue weighted by molar-refractivity contribution is 5.92. The summed E-state index contributed by atoms with van der Waals surface area (Å²) in [7, 11) is 0. The van der Waals surface area contributed by atoms with Gasteiger partial charge < -0.3 is 10.2 Å².